The van der Waals surface area contributed by atoms with Crippen LogP contribution < -0.4 is 9.47 Å². The lowest BCUT2D eigenvalue weighted by Crippen LogP contribution is -2.01. The summed E-state index contributed by atoms with van der Waals surface area (Å²) in [6.07, 6.45) is 3.11. The van der Waals surface area contributed by atoms with Crippen LogP contribution in [0.1, 0.15) is 0 Å². The quantitative estimate of drug-likeness (QED) is 0.538. The molecule has 4 rings (SSSR count). The van der Waals surface area contributed by atoms with Crippen molar-refractivity contribution < 1.29 is 18.3 Å². The molecule has 0 amide bonds. The van der Waals surface area contributed by atoms with Crippen LogP contribution in [0.25, 0.3) is 17.0 Å². The van der Waals surface area contributed by atoms with Gasteiger partial charge < -0.3 is 9.47 Å². The van der Waals surface area contributed by atoms with Crippen molar-refractivity contribution in [3.05, 3.63) is 67.0 Å². The second-order valence-corrected chi connectivity index (χ2v) is 5.28. The maximum atomic E-state index is 12.3. The standard InChI is InChI=1S/C18H12F2N4O2/c19-18(20)26-14-8-6-12(7-9-14)17-23-22-15-10-21-11-16(24(15)17)25-13-4-2-1-3-5-13/h1-11,18H. The SMILES string of the molecule is FC(F)Oc1ccc(-c2nnc3cncc(Oc4ccccc4)n23)cc1. The topological polar surface area (TPSA) is 61.5 Å². The maximum Gasteiger partial charge on any atom is 0.387 e. The van der Waals surface area contributed by atoms with Crippen LogP contribution in [0.2, 0.25) is 0 Å². The number of para-hydroxylation sites is 1. The molecule has 6 nitrogen and oxygen atoms in total. The lowest BCUT2D eigenvalue weighted by molar-refractivity contribution is -0.0498. The fourth-order valence-electron chi connectivity index (χ4n) is 2.48. The summed E-state index contributed by atoms with van der Waals surface area (Å²) < 4.78 is 36.5. The van der Waals surface area contributed by atoms with Crippen LogP contribution in [-0.4, -0.2) is 26.2 Å². The van der Waals surface area contributed by atoms with Crippen LogP contribution in [-0.2, 0) is 0 Å². The van der Waals surface area contributed by atoms with Crippen LogP contribution in [0.3, 0.4) is 0 Å². The van der Waals surface area contributed by atoms with Gasteiger partial charge in [-0.1, -0.05) is 18.2 Å². The lowest BCUT2D eigenvalue weighted by Gasteiger charge is -2.09. The normalized spacial score (nSPS) is 11.0. The Morgan fingerprint density at radius 1 is 0.846 bits per heavy atom. The van der Waals surface area contributed by atoms with E-state index in [9.17, 15) is 8.78 Å². The van der Waals surface area contributed by atoms with Crippen LogP contribution in [0.4, 0.5) is 8.78 Å². The van der Waals surface area contributed by atoms with E-state index in [1.165, 1.54) is 12.1 Å². The Bertz CT molecular complexity index is 1020. The Morgan fingerprint density at radius 3 is 2.35 bits per heavy atom. The largest absolute Gasteiger partial charge is 0.439 e. The van der Waals surface area contributed by atoms with Crippen molar-refractivity contribution in [1.82, 2.24) is 19.6 Å². The highest BCUT2D eigenvalue weighted by atomic mass is 19.3. The fraction of sp³-hybridized carbons (Fsp3) is 0.0556. The molecular weight excluding hydrogens is 342 g/mol. The first-order valence-electron chi connectivity index (χ1n) is 7.68. The zero-order valence-electron chi connectivity index (χ0n) is 13.3. The van der Waals surface area contributed by atoms with Crippen molar-refractivity contribution in [2.24, 2.45) is 0 Å². The molecule has 4 aromatic rings. The molecule has 0 N–H and O–H groups in total. The molecule has 0 atom stereocenters. The van der Waals surface area contributed by atoms with E-state index in [0.717, 1.165) is 0 Å². The van der Waals surface area contributed by atoms with Crippen LogP contribution >= 0.6 is 0 Å². The Balaban J connectivity index is 1.74. The van der Waals surface area contributed by atoms with E-state index in [-0.39, 0.29) is 5.75 Å². The van der Waals surface area contributed by atoms with Crippen LogP contribution in [0.15, 0.2) is 67.0 Å². The summed E-state index contributed by atoms with van der Waals surface area (Å²) in [7, 11) is 0. The van der Waals surface area contributed by atoms with Crippen molar-refractivity contribution in [3.63, 3.8) is 0 Å². The van der Waals surface area contributed by atoms with E-state index in [2.05, 4.69) is 19.9 Å². The molecule has 0 unspecified atom stereocenters. The van der Waals surface area contributed by atoms with Crippen molar-refractivity contribution in [2.75, 3.05) is 0 Å². The first kappa shape index (κ1) is 15.9. The molecule has 0 saturated heterocycles. The molecule has 0 aliphatic heterocycles. The van der Waals surface area contributed by atoms with Gasteiger partial charge in [0.25, 0.3) is 0 Å². The third kappa shape index (κ3) is 3.16. The summed E-state index contributed by atoms with van der Waals surface area (Å²) in [5.74, 6) is 1.64. The number of ether oxygens (including phenoxy) is 2. The number of alkyl halides is 2. The van der Waals surface area contributed by atoms with Crippen molar-refractivity contribution >= 4 is 5.65 Å². The van der Waals surface area contributed by atoms with E-state index in [0.29, 0.717) is 28.7 Å². The summed E-state index contributed by atoms with van der Waals surface area (Å²) in [6.45, 7) is -2.87. The highest BCUT2D eigenvalue weighted by Gasteiger charge is 2.14. The number of fused-ring (bicyclic) bond motifs is 1. The molecule has 130 valence electrons. The average Bonchev–Trinajstić information content (AvgIpc) is 3.08. The summed E-state index contributed by atoms with van der Waals surface area (Å²) in [4.78, 5) is 4.11. The number of halogens is 2. The Kier molecular flexibility index (Phi) is 4.14. The minimum Gasteiger partial charge on any atom is -0.439 e. The second-order valence-electron chi connectivity index (χ2n) is 5.28. The second kappa shape index (κ2) is 6.75. The van der Waals surface area contributed by atoms with Crippen LogP contribution in [0, 0.1) is 0 Å². The zero-order chi connectivity index (χ0) is 17.9. The molecule has 0 aliphatic carbocycles. The molecule has 8 heteroatoms. The lowest BCUT2D eigenvalue weighted by atomic mass is 10.2. The zero-order valence-corrected chi connectivity index (χ0v) is 13.3. The number of benzene rings is 2. The molecule has 26 heavy (non-hydrogen) atoms. The molecule has 2 aromatic carbocycles. The maximum absolute atomic E-state index is 12.3. The predicted octanol–water partition coefficient (Wildman–Crippen LogP) is 4.19. The van der Waals surface area contributed by atoms with Gasteiger partial charge >= 0.3 is 6.61 Å². The minimum absolute atomic E-state index is 0.0694. The molecule has 0 fully saturated rings. The van der Waals surface area contributed by atoms with E-state index >= 15 is 0 Å². The van der Waals surface area contributed by atoms with Crippen LogP contribution in [0.5, 0.6) is 17.4 Å². The first-order valence-corrected chi connectivity index (χ1v) is 7.68. The van der Waals surface area contributed by atoms with Gasteiger partial charge in [-0.15, -0.1) is 10.2 Å². The minimum atomic E-state index is -2.87. The van der Waals surface area contributed by atoms with Gasteiger partial charge in [-0.05, 0) is 36.4 Å². The Labute approximate surface area is 146 Å². The van der Waals surface area contributed by atoms with E-state index in [1.54, 1.807) is 28.9 Å². The molecule has 2 heterocycles. The highest BCUT2D eigenvalue weighted by Crippen LogP contribution is 2.27. The molecule has 0 radical (unpaired) electrons. The average molecular weight is 354 g/mol. The third-order valence-corrected chi connectivity index (χ3v) is 3.59. The summed E-state index contributed by atoms with van der Waals surface area (Å²) in [5, 5.41) is 8.25. The highest BCUT2D eigenvalue weighted by molar-refractivity contribution is 5.61. The van der Waals surface area contributed by atoms with Gasteiger partial charge in [0, 0.05) is 5.56 Å². The van der Waals surface area contributed by atoms with E-state index < -0.39 is 6.61 Å². The molecule has 2 aromatic heterocycles. The van der Waals surface area contributed by atoms with Gasteiger partial charge in [-0.25, -0.2) is 4.40 Å². The Morgan fingerprint density at radius 2 is 1.62 bits per heavy atom. The molecule has 0 saturated carbocycles. The van der Waals surface area contributed by atoms with Crippen molar-refractivity contribution in [1.29, 1.82) is 0 Å². The van der Waals surface area contributed by atoms with Gasteiger partial charge in [0.15, 0.2) is 11.5 Å². The van der Waals surface area contributed by atoms with E-state index in [1.807, 2.05) is 30.3 Å². The number of rotatable bonds is 5. The molecule has 0 bridgehead atoms. The summed E-state index contributed by atoms with van der Waals surface area (Å²) >= 11 is 0. The molecular formula is C18H12F2N4O2. The van der Waals surface area contributed by atoms with Crippen molar-refractivity contribution in [2.45, 2.75) is 6.61 Å². The predicted molar refractivity (Wildman–Crippen MR) is 89.4 cm³/mol. The smallest absolute Gasteiger partial charge is 0.387 e. The van der Waals surface area contributed by atoms with Gasteiger partial charge in [-0.2, -0.15) is 8.78 Å². The van der Waals surface area contributed by atoms with Gasteiger partial charge in [0.1, 0.15) is 11.5 Å². The van der Waals surface area contributed by atoms with E-state index in [4.69, 9.17) is 4.74 Å². The summed E-state index contributed by atoms with van der Waals surface area (Å²) in [6, 6.07) is 15.4. The van der Waals surface area contributed by atoms with Gasteiger partial charge in [0.05, 0.1) is 12.4 Å². The first-order chi connectivity index (χ1) is 12.7. The van der Waals surface area contributed by atoms with Gasteiger partial charge in [0.2, 0.25) is 5.88 Å². The molecule has 0 spiro atoms. The van der Waals surface area contributed by atoms with Gasteiger partial charge in [-0.3, -0.25) is 4.98 Å². The molecule has 0 aliphatic rings. The number of hydrogen-bond acceptors (Lipinski definition) is 5. The summed E-state index contributed by atoms with van der Waals surface area (Å²) in [5.41, 5.74) is 1.17. The Hall–Kier alpha value is -3.55. The fourth-order valence-corrected chi connectivity index (χ4v) is 2.48. The number of hydrogen-bond donors (Lipinski definition) is 0. The number of nitrogens with zero attached hydrogens (tertiary/aromatic N) is 4. The monoisotopic (exact) mass is 354 g/mol. The number of aromatic nitrogens is 4. The van der Waals surface area contributed by atoms with Crippen molar-refractivity contribution in [3.8, 4) is 28.8 Å². The third-order valence-electron chi connectivity index (χ3n) is 3.59.